The van der Waals surface area contributed by atoms with Crippen molar-refractivity contribution in [2.75, 3.05) is 6.61 Å². The molecule has 0 bridgehead atoms. The molecule has 2 aromatic rings. The number of cyclic esters (lactones) is 1. The van der Waals surface area contributed by atoms with Gasteiger partial charge < -0.3 is 9.15 Å². The molecule has 1 aliphatic heterocycles. The summed E-state index contributed by atoms with van der Waals surface area (Å²) in [7, 11) is 0. The van der Waals surface area contributed by atoms with Crippen molar-refractivity contribution in [3.05, 3.63) is 66.1 Å². The molecular formula is C18H18O3. The molecule has 0 unspecified atom stereocenters. The Morgan fingerprint density at radius 3 is 2.71 bits per heavy atom. The Kier molecular flexibility index (Phi) is 3.91. The quantitative estimate of drug-likeness (QED) is 0.797. The summed E-state index contributed by atoms with van der Waals surface area (Å²) in [5, 5.41) is 0. The molecule has 1 aliphatic rings. The third-order valence-corrected chi connectivity index (χ3v) is 3.99. The number of hydrogen-bond acceptors (Lipinski definition) is 3. The zero-order valence-corrected chi connectivity index (χ0v) is 11.8. The van der Waals surface area contributed by atoms with Gasteiger partial charge in [-0.3, -0.25) is 4.79 Å². The van der Waals surface area contributed by atoms with Crippen LogP contribution in [0, 0.1) is 0 Å². The number of ether oxygens (including phenoxy) is 1. The zero-order valence-electron chi connectivity index (χ0n) is 11.8. The summed E-state index contributed by atoms with van der Waals surface area (Å²) in [6.07, 6.45) is 7.89. The molecule has 0 aliphatic carbocycles. The summed E-state index contributed by atoms with van der Waals surface area (Å²) in [6, 6.07) is 13.7. The fraction of sp³-hybridized carbons (Fsp3) is 0.278. The second-order valence-electron chi connectivity index (χ2n) is 5.31. The van der Waals surface area contributed by atoms with Crippen LogP contribution in [-0.2, 0) is 14.9 Å². The molecule has 1 fully saturated rings. The van der Waals surface area contributed by atoms with Crippen LogP contribution in [0.15, 0.2) is 59.2 Å². The summed E-state index contributed by atoms with van der Waals surface area (Å²) in [5.74, 6) is 0.673. The monoisotopic (exact) mass is 282 g/mol. The van der Waals surface area contributed by atoms with Gasteiger partial charge in [-0.15, -0.1) is 0 Å². The Balaban J connectivity index is 1.88. The van der Waals surface area contributed by atoms with Gasteiger partial charge >= 0.3 is 5.97 Å². The number of hydrogen-bond donors (Lipinski definition) is 0. The second-order valence-corrected chi connectivity index (χ2v) is 5.31. The third kappa shape index (κ3) is 2.77. The average molecular weight is 282 g/mol. The Morgan fingerprint density at radius 2 is 2.00 bits per heavy atom. The van der Waals surface area contributed by atoms with Crippen molar-refractivity contribution in [1.82, 2.24) is 0 Å². The molecule has 108 valence electrons. The summed E-state index contributed by atoms with van der Waals surface area (Å²) in [5.41, 5.74) is 0.460. The van der Waals surface area contributed by atoms with Gasteiger partial charge in [0.05, 0.1) is 18.3 Å². The van der Waals surface area contributed by atoms with Gasteiger partial charge in [-0.25, -0.2) is 0 Å². The SMILES string of the molecule is O=C1OCCC[C@]1(C/C=C/c1ccco1)c1ccccc1. The minimum absolute atomic E-state index is 0.121. The van der Waals surface area contributed by atoms with Gasteiger partial charge in [0.25, 0.3) is 0 Å². The number of rotatable bonds is 4. The maximum Gasteiger partial charge on any atom is 0.316 e. The number of furan rings is 1. The van der Waals surface area contributed by atoms with Crippen LogP contribution >= 0.6 is 0 Å². The lowest BCUT2D eigenvalue weighted by Gasteiger charge is -2.34. The molecule has 1 aromatic heterocycles. The minimum atomic E-state index is -0.567. The van der Waals surface area contributed by atoms with Gasteiger partial charge in [-0.2, -0.15) is 0 Å². The van der Waals surface area contributed by atoms with Crippen LogP contribution in [0.1, 0.15) is 30.6 Å². The first kappa shape index (κ1) is 13.7. The lowest BCUT2D eigenvalue weighted by Crippen LogP contribution is -2.41. The normalized spacial score (nSPS) is 22.4. The molecule has 0 spiro atoms. The Hall–Kier alpha value is -2.29. The summed E-state index contributed by atoms with van der Waals surface area (Å²) >= 11 is 0. The first-order valence-corrected chi connectivity index (χ1v) is 7.24. The maximum atomic E-state index is 12.4. The Labute approximate surface area is 124 Å². The van der Waals surface area contributed by atoms with E-state index in [1.165, 1.54) is 0 Å². The molecule has 0 N–H and O–H groups in total. The Morgan fingerprint density at radius 1 is 1.14 bits per heavy atom. The summed E-state index contributed by atoms with van der Waals surface area (Å²) in [6.45, 7) is 0.523. The molecule has 3 rings (SSSR count). The lowest BCUT2D eigenvalue weighted by molar-refractivity contribution is -0.155. The molecule has 0 radical (unpaired) electrons. The van der Waals surface area contributed by atoms with Crippen molar-refractivity contribution in [3.8, 4) is 0 Å². The molecule has 0 saturated carbocycles. The predicted octanol–water partition coefficient (Wildman–Crippen LogP) is 3.96. The molecule has 21 heavy (non-hydrogen) atoms. The van der Waals surface area contributed by atoms with Crippen LogP contribution < -0.4 is 0 Å². The van der Waals surface area contributed by atoms with Gasteiger partial charge in [-0.05, 0) is 43.0 Å². The zero-order chi connectivity index (χ0) is 14.5. The van der Waals surface area contributed by atoms with Crippen LogP contribution in [0.2, 0.25) is 0 Å². The fourth-order valence-electron chi connectivity index (χ4n) is 2.86. The van der Waals surface area contributed by atoms with E-state index in [2.05, 4.69) is 0 Å². The molecular weight excluding hydrogens is 264 g/mol. The fourth-order valence-corrected chi connectivity index (χ4v) is 2.86. The standard InChI is InChI=1S/C18H18O3/c19-17-18(12-6-14-21-17,15-7-2-1-3-8-15)11-4-9-16-10-5-13-20-16/h1-5,7-10,13H,6,11-12,14H2/b9-4+/t18-/m1/s1. The number of benzene rings is 1. The van der Waals surface area contributed by atoms with Crippen molar-refractivity contribution in [2.45, 2.75) is 24.7 Å². The van der Waals surface area contributed by atoms with Crippen LogP contribution in [0.4, 0.5) is 0 Å². The molecule has 1 aromatic carbocycles. The van der Waals surface area contributed by atoms with Crippen molar-refractivity contribution in [2.24, 2.45) is 0 Å². The van der Waals surface area contributed by atoms with E-state index in [9.17, 15) is 4.79 Å². The second kappa shape index (κ2) is 6.00. The number of allylic oxidation sites excluding steroid dienone is 1. The highest BCUT2D eigenvalue weighted by Gasteiger charge is 2.42. The van der Waals surface area contributed by atoms with Gasteiger partial charge in [-0.1, -0.05) is 36.4 Å². The topological polar surface area (TPSA) is 39.4 Å². The van der Waals surface area contributed by atoms with Crippen LogP contribution in [0.5, 0.6) is 0 Å². The minimum Gasteiger partial charge on any atom is -0.465 e. The van der Waals surface area contributed by atoms with E-state index in [4.69, 9.17) is 9.15 Å². The first-order chi connectivity index (χ1) is 10.3. The highest BCUT2D eigenvalue weighted by molar-refractivity contribution is 5.84. The Bertz CT molecular complexity index is 613. The van der Waals surface area contributed by atoms with Gasteiger partial charge in [0.15, 0.2) is 0 Å². The number of carbonyl (C=O) groups is 1. The molecule has 3 nitrogen and oxygen atoms in total. The maximum absolute atomic E-state index is 12.4. The van der Waals surface area contributed by atoms with Gasteiger partial charge in [0.2, 0.25) is 0 Å². The van der Waals surface area contributed by atoms with Crippen molar-refractivity contribution in [3.63, 3.8) is 0 Å². The van der Waals surface area contributed by atoms with E-state index >= 15 is 0 Å². The average Bonchev–Trinajstić information content (AvgIpc) is 3.04. The van der Waals surface area contributed by atoms with Crippen molar-refractivity contribution < 1.29 is 13.9 Å². The third-order valence-electron chi connectivity index (χ3n) is 3.99. The van der Waals surface area contributed by atoms with Crippen LogP contribution in [0.25, 0.3) is 6.08 Å². The summed E-state index contributed by atoms with van der Waals surface area (Å²) < 4.78 is 10.6. The molecule has 2 heterocycles. The smallest absolute Gasteiger partial charge is 0.316 e. The van der Waals surface area contributed by atoms with E-state index in [1.807, 2.05) is 54.6 Å². The highest BCUT2D eigenvalue weighted by atomic mass is 16.5. The van der Waals surface area contributed by atoms with E-state index in [0.29, 0.717) is 13.0 Å². The van der Waals surface area contributed by atoms with E-state index < -0.39 is 5.41 Å². The number of carbonyl (C=O) groups excluding carboxylic acids is 1. The first-order valence-electron chi connectivity index (χ1n) is 7.24. The van der Waals surface area contributed by atoms with Crippen LogP contribution in [0.3, 0.4) is 0 Å². The highest BCUT2D eigenvalue weighted by Crippen LogP contribution is 2.37. The number of esters is 1. The van der Waals surface area contributed by atoms with Crippen LogP contribution in [-0.4, -0.2) is 12.6 Å². The predicted molar refractivity (Wildman–Crippen MR) is 80.7 cm³/mol. The van der Waals surface area contributed by atoms with E-state index in [-0.39, 0.29) is 5.97 Å². The van der Waals surface area contributed by atoms with Crippen molar-refractivity contribution >= 4 is 12.0 Å². The largest absolute Gasteiger partial charge is 0.465 e. The molecule has 1 atom stereocenters. The van der Waals surface area contributed by atoms with E-state index in [0.717, 1.165) is 24.2 Å². The molecule has 3 heteroatoms. The molecule has 0 amide bonds. The van der Waals surface area contributed by atoms with Crippen molar-refractivity contribution in [1.29, 1.82) is 0 Å². The summed E-state index contributed by atoms with van der Waals surface area (Å²) in [4.78, 5) is 12.4. The van der Waals surface area contributed by atoms with E-state index in [1.54, 1.807) is 6.26 Å². The van der Waals surface area contributed by atoms with Gasteiger partial charge in [0, 0.05) is 0 Å². The van der Waals surface area contributed by atoms with Gasteiger partial charge in [0.1, 0.15) is 5.76 Å². The molecule has 1 saturated heterocycles. The lowest BCUT2D eigenvalue weighted by atomic mass is 9.73.